The molecule has 1 aliphatic heterocycles. The van der Waals surface area contributed by atoms with Crippen molar-refractivity contribution in [2.45, 2.75) is 25.7 Å². The predicted molar refractivity (Wildman–Crippen MR) is 71.8 cm³/mol. The summed E-state index contributed by atoms with van der Waals surface area (Å²) in [6.07, 6.45) is -1.33. The number of aliphatic hydroxyl groups excluding tert-OH is 1. The van der Waals surface area contributed by atoms with Crippen molar-refractivity contribution in [3.05, 3.63) is 23.8 Å². The second-order valence-corrected chi connectivity index (χ2v) is 4.60. The largest absolute Gasteiger partial charge is 0.479 e. The zero-order valence-electron chi connectivity index (χ0n) is 10.9. The number of fused-ring (bicyclic) bond motifs is 1. The molecule has 2 unspecified atom stereocenters. The summed E-state index contributed by atoms with van der Waals surface area (Å²) in [5.41, 5.74) is 12.5. The Morgan fingerprint density at radius 1 is 1.47 bits per heavy atom. The van der Waals surface area contributed by atoms with Gasteiger partial charge in [-0.2, -0.15) is 0 Å². The van der Waals surface area contributed by atoms with Crippen molar-refractivity contribution in [2.75, 3.05) is 18.0 Å². The maximum absolute atomic E-state index is 12.2. The number of benzene rings is 1. The molecule has 1 aromatic carbocycles. The van der Waals surface area contributed by atoms with E-state index in [9.17, 15) is 9.90 Å². The van der Waals surface area contributed by atoms with Crippen LogP contribution in [0.4, 0.5) is 5.69 Å². The van der Waals surface area contributed by atoms with Gasteiger partial charge in [-0.05, 0) is 24.6 Å². The molecule has 6 nitrogen and oxygen atoms in total. The van der Waals surface area contributed by atoms with Crippen LogP contribution in [0.15, 0.2) is 18.2 Å². The number of aliphatic hydroxyl groups is 1. The average Bonchev–Trinajstić information content (AvgIpc) is 2.43. The van der Waals surface area contributed by atoms with Gasteiger partial charge in [-0.15, -0.1) is 0 Å². The lowest BCUT2D eigenvalue weighted by molar-refractivity contribution is -0.125. The number of hydrogen-bond donors (Lipinski definition) is 3. The van der Waals surface area contributed by atoms with Crippen LogP contribution in [0.3, 0.4) is 0 Å². The number of hydrogen-bond acceptors (Lipinski definition) is 5. The van der Waals surface area contributed by atoms with E-state index in [2.05, 4.69) is 0 Å². The second-order valence-electron chi connectivity index (χ2n) is 4.60. The van der Waals surface area contributed by atoms with Gasteiger partial charge in [0, 0.05) is 13.1 Å². The molecular formula is C13H19N3O3. The lowest BCUT2D eigenvalue weighted by atomic mass is 10.1. The summed E-state index contributed by atoms with van der Waals surface area (Å²) in [7, 11) is 0. The molecule has 0 saturated heterocycles. The second kappa shape index (κ2) is 5.56. The van der Waals surface area contributed by atoms with E-state index in [4.69, 9.17) is 16.2 Å². The maximum atomic E-state index is 12.2. The molecule has 0 radical (unpaired) electrons. The fraction of sp³-hybridized carbons (Fsp3) is 0.462. The molecule has 0 fully saturated rings. The minimum Gasteiger partial charge on any atom is -0.479 e. The molecule has 1 amide bonds. The molecule has 104 valence electrons. The van der Waals surface area contributed by atoms with Gasteiger partial charge < -0.3 is 26.2 Å². The SMILES string of the molecule is CC1Oc2ccc(CN)cc2N(CC(O)CN)C1=O. The van der Waals surface area contributed by atoms with E-state index in [-0.39, 0.29) is 19.0 Å². The van der Waals surface area contributed by atoms with Crippen molar-refractivity contribution >= 4 is 11.6 Å². The number of amides is 1. The quantitative estimate of drug-likeness (QED) is 0.686. The first kappa shape index (κ1) is 13.8. The molecule has 1 heterocycles. The molecule has 1 aromatic rings. The van der Waals surface area contributed by atoms with Gasteiger partial charge in [0.15, 0.2) is 6.10 Å². The van der Waals surface area contributed by atoms with Crippen LogP contribution in [0.1, 0.15) is 12.5 Å². The van der Waals surface area contributed by atoms with Gasteiger partial charge in [0.1, 0.15) is 5.75 Å². The van der Waals surface area contributed by atoms with Crippen LogP contribution in [0.5, 0.6) is 5.75 Å². The van der Waals surface area contributed by atoms with Gasteiger partial charge in [0.25, 0.3) is 5.91 Å². The topological polar surface area (TPSA) is 102 Å². The number of carbonyl (C=O) groups excluding carboxylic acids is 1. The number of nitrogens with two attached hydrogens (primary N) is 2. The highest BCUT2D eigenvalue weighted by molar-refractivity contribution is 5.99. The number of β-amino-alcohol motifs (C(OH)–C–C–N with tert-alkyl or cyclic N) is 1. The first-order chi connectivity index (χ1) is 9.06. The Balaban J connectivity index is 2.38. The summed E-state index contributed by atoms with van der Waals surface area (Å²) in [4.78, 5) is 13.7. The lowest BCUT2D eigenvalue weighted by Crippen LogP contribution is -2.48. The lowest BCUT2D eigenvalue weighted by Gasteiger charge is -2.34. The van der Waals surface area contributed by atoms with Gasteiger partial charge in [-0.25, -0.2) is 0 Å². The maximum Gasteiger partial charge on any atom is 0.267 e. The smallest absolute Gasteiger partial charge is 0.267 e. The summed E-state index contributed by atoms with van der Waals surface area (Å²) in [5.74, 6) is 0.433. The molecule has 0 saturated carbocycles. The van der Waals surface area contributed by atoms with E-state index < -0.39 is 12.2 Å². The molecule has 19 heavy (non-hydrogen) atoms. The normalized spacial score (nSPS) is 19.9. The van der Waals surface area contributed by atoms with E-state index >= 15 is 0 Å². The van der Waals surface area contributed by atoms with Gasteiger partial charge in [0.2, 0.25) is 0 Å². The summed E-state index contributed by atoms with van der Waals surface area (Å²) >= 11 is 0. The fourth-order valence-electron chi connectivity index (χ4n) is 2.05. The minimum absolute atomic E-state index is 0.102. The highest BCUT2D eigenvalue weighted by Crippen LogP contribution is 2.34. The van der Waals surface area contributed by atoms with Crippen LogP contribution in [0, 0.1) is 0 Å². The van der Waals surface area contributed by atoms with E-state index in [1.807, 2.05) is 12.1 Å². The van der Waals surface area contributed by atoms with Crippen molar-refractivity contribution in [1.29, 1.82) is 0 Å². The molecule has 0 aromatic heterocycles. The molecule has 0 spiro atoms. The zero-order valence-corrected chi connectivity index (χ0v) is 10.9. The van der Waals surface area contributed by atoms with Crippen LogP contribution >= 0.6 is 0 Å². The first-order valence-corrected chi connectivity index (χ1v) is 6.26. The Kier molecular flexibility index (Phi) is 4.04. The number of anilines is 1. The molecule has 1 aliphatic rings. The summed E-state index contributed by atoms with van der Waals surface area (Å²) in [5, 5.41) is 9.68. The highest BCUT2D eigenvalue weighted by atomic mass is 16.5. The Labute approximate surface area is 111 Å². The third-order valence-electron chi connectivity index (χ3n) is 3.13. The van der Waals surface area contributed by atoms with Crippen LogP contribution in [-0.4, -0.2) is 36.3 Å². The molecule has 0 aliphatic carbocycles. The van der Waals surface area contributed by atoms with Crippen molar-refractivity contribution < 1.29 is 14.6 Å². The monoisotopic (exact) mass is 265 g/mol. The van der Waals surface area contributed by atoms with Crippen molar-refractivity contribution in [1.82, 2.24) is 0 Å². The van der Waals surface area contributed by atoms with Crippen LogP contribution in [-0.2, 0) is 11.3 Å². The minimum atomic E-state index is -0.761. The molecule has 0 bridgehead atoms. The molecule has 5 N–H and O–H groups in total. The summed E-state index contributed by atoms with van der Waals surface area (Å²) < 4.78 is 5.54. The van der Waals surface area contributed by atoms with E-state index in [0.29, 0.717) is 18.0 Å². The Hall–Kier alpha value is -1.63. The number of carbonyl (C=O) groups is 1. The van der Waals surface area contributed by atoms with Gasteiger partial charge >= 0.3 is 0 Å². The fourth-order valence-corrected chi connectivity index (χ4v) is 2.05. The van der Waals surface area contributed by atoms with Crippen molar-refractivity contribution in [3.63, 3.8) is 0 Å². The summed E-state index contributed by atoms with van der Waals surface area (Å²) in [6.45, 7) is 2.32. The predicted octanol–water partition coefficient (Wildman–Crippen LogP) is -0.421. The van der Waals surface area contributed by atoms with E-state index in [1.54, 1.807) is 13.0 Å². The Morgan fingerprint density at radius 3 is 2.84 bits per heavy atom. The number of nitrogens with zero attached hydrogens (tertiary/aromatic N) is 1. The molecule has 2 atom stereocenters. The Bertz CT molecular complexity index is 478. The van der Waals surface area contributed by atoms with E-state index in [0.717, 1.165) is 5.56 Å². The van der Waals surface area contributed by atoms with Crippen LogP contribution in [0.2, 0.25) is 0 Å². The van der Waals surface area contributed by atoms with Gasteiger partial charge in [-0.3, -0.25) is 4.79 Å². The zero-order chi connectivity index (χ0) is 14.0. The van der Waals surface area contributed by atoms with Crippen LogP contribution < -0.4 is 21.1 Å². The standard InChI is InChI=1S/C13H19N3O3/c1-8-13(18)16(7-10(17)6-15)11-4-9(5-14)2-3-12(11)19-8/h2-4,8,10,17H,5-7,14-15H2,1H3. The molecular weight excluding hydrogens is 246 g/mol. The third kappa shape index (κ3) is 2.70. The number of ether oxygens (including phenoxy) is 1. The van der Waals surface area contributed by atoms with E-state index in [1.165, 1.54) is 4.90 Å². The summed E-state index contributed by atoms with van der Waals surface area (Å²) in [6, 6.07) is 5.46. The first-order valence-electron chi connectivity index (χ1n) is 6.26. The highest BCUT2D eigenvalue weighted by Gasteiger charge is 2.32. The van der Waals surface area contributed by atoms with Gasteiger partial charge in [-0.1, -0.05) is 6.07 Å². The van der Waals surface area contributed by atoms with Gasteiger partial charge in [0.05, 0.1) is 18.3 Å². The molecule has 2 rings (SSSR count). The Morgan fingerprint density at radius 2 is 2.21 bits per heavy atom. The van der Waals surface area contributed by atoms with Crippen LogP contribution in [0.25, 0.3) is 0 Å². The molecule has 6 heteroatoms. The average molecular weight is 265 g/mol. The third-order valence-corrected chi connectivity index (χ3v) is 3.13. The number of rotatable bonds is 4. The van der Waals surface area contributed by atoms with Crippen molar-refractivity contribution in [2.24, 2.45) is 11.5 Å². The van der Waals surface area contributed by atoms with Crippen molar-refractivity contribution in [3.8, 4) is 5.75 Å².